The lowest BCUT2D eigenvalue weighted by molar-refractivity contribution is -0.711. The molecule has 0 bridgehead atoms. The summed E-state index contributed by atoms with van der Waals surface area (Å²) < 4.78 is 7.06. The Morgan fingerprint density at radius 1 is 1.07 bits per heavy atom. The number of nitrogens with one attached hydrogen (secondary N) is 1. The number of hydrogen-bond donors (Lipinski definition) is 2. The van der Waals surface area contributed by atoms with Crippen molar-refractivity contribution in [2.75, 3.05) is 7.11 Å². The van der Waals surface area contributed by atoms with Gasteiger partial charge in [0.25, 0.3) is 5.91 Å². The van der Waals surface area contributed by atoms with E-state index in [1.165, 1.54) is 0 Å². The van der Waals surface area contributed by atoms with Crippen LogP contribution in [0.25, 0.3) is 11.1 Å². The molecule has 0 aliphatic carbocycles. The minimum atomic E-state index is -0.629. The molecule has 148 valence electrons. The number of amides is 1. The van der Waals surface area contributed by atoms with E-state index in [0.29, 0.717) is 11.3 Å². The number of hydrogen-bond acceptors (Lipinski definition) is 5. The molecular formula is C23H19N4O2S+. The van der Waals surface area contributed by atoms with Gasteiger partial charge in [0.05, 0.1) is 29.7 Å². The molecule has 30 heavy (non-hydrogen) atoms. The maximum Gasteiger partial charge on any atom is 0.294 e. The van der Waals surface area contributed by atoms with E-state index in [2.05, 4.69) is 29.0 Å². The van der Waals surface area contributed by atoms with Crippen LogP contribution < -0.4 is 14.6 Å². The Bertz CT molecular complexity index is 1140. The Balaban J connectivity index is 1.77. The SMILES string of the molecule is COc1ccc(C2C(C#N)=C(S)NC(=O)C2[n+]2ccc(-c3ccncc3)cc2)cc1. The average molecular weight is 415 g/mol. The number of nitriles is 1. The van der Waals surface area contributed by atoms with Crippen LogP contribution in [0.4, 0.5) is 0 Å². The third-order valence-corrected chi connectivity index (χ3v) is 5.53. The summed E-state index contributed by atoms with van der Waals surface area (Å²) in [5.41, 5.74) is 3.30. The molecule has 0 saturated carbocycles. The second-order valence-electron chi connectivity index (χ2n) is 6.83. The van der Waals surface area contributed by atoms with E-state index in [4.69, 9.17) is 4.74 Å². The first-order valence-corrected chi connectivity index (χ1v) is 9.76. The fourth-order valence-corrected chi connectivity index (χ4v) is 3.96. The molecule has 0 spiro atoms. The van der Waals surface area contributed by atoms with Gasteiger partial charge in [-0.15, -0.1) is 12.6 Å². The summed E-state index contributed by atoms with van der Waals surface area (Å²) in [6.07, 6.45) is 7.19. The van der Waals surface area contributed by atoms with Gasteiger partial charge >= 0.3 is 0 Å². The Kier molecular flexibility index (Phi) is 5.50. The van der Waals surface area contributed by atoms with Gasteiger partial charge in [-0.1, -0.05) is 12.1 Å². The predicted octanol–water partition coefficient (Wildman–Crippen LogP) is 3.16. The van der Waals surface area contributed by atoms with E-state index < -0.39 is 12.0 Å². The number of benzene rings is 1. The fourth-order valence-electron chi connectivity index (χ4n) is 3.66. The van der Waals surface area contributed by atoms with Crippen LogP contribution in [-0.4, -0.2) is 18.0 Å². The van der Waals surface area contributed by atoms with E-state index in [1.807, 2.05) is 65.5 Å². The second kappa shape index (κ2) is 8.39. The normalized spacial score (nSPS) is 18.5. The monoisotopic (exact) mass is 415 g/mol. The van der Waals surface area contributed by atoms with E-state index in [0.717, 1.165) is 16.7 Å². The summed E-state index contributed by atoms with van der Waals surface area (Å²) in [6, 6.07) is 16.7. The molecular weight excluding hydrogens is 396 g/mol. The quantitative estimate of drug-likeness (QED) is 0.507. The minimum Gasteiger partial charge on any atom is -0.497 e. The standard InChI is InChI=1S/C23H18N4O2S/c1-29-18-4-2-17(3-5-18)20-19(14-24)23(30)26-22(28)21(20)27-12-8-16(9-13-27)15-6-10-25-11-7-15/h2-13,20-21H,1H3,(H-,26,28,30)/p+1. The van der Waals surface area contributed by atoms with E-state index in [-0.39, 0.29) is 10.9 Å². The van der Waals surface area contributed by atoms with Crippen molar-refractivity contribution < 1.29 is 14.1 Å². The van der Waals surface area contributed by atoms with Crippen LogP contribution >= 0.6 is 12.6 Å². The number of nitrogens with zero attached hydrogens (tertiary/aromatic N) is 3. The summed E-state index contributed by atoms with van der Waals surface area (Å²) in [5, 5.41) is 12.8. The molecule has 1 aliphatic heterocycles. The van der Waals surface area contributed by atoms with Gasteiger partial charge in [-0.25, -0.2) is 0 Å². The summed E-state index contributed by atoms with van der Waals surface area (Å²) in [4.78, 5) is 17.0. The smallest absolute Gasteiger partial charge is 0.294 e. The highest BCUT2D eigenvalue weighted by molar-refractivity contribution is 7.84. The first-order valence-electron chi connectivity index (χ1n) is 9.31. The lowest BCUT2D eigenvalue weighted by atomic mass is 9.83. The maximum absolute atomic E-state index is 13.0. The maximum atomic E-state index is 13.0. The zero-order valence-electron chi connectivity index (χ0n) is 16.2. The highest BCUT2D eigenvalue weighted by atomic mass is 32.1. The number of rotatable bonds is 4. The lowest BCUT2D eigenvalue weighted by Gasteiger charge is -2.28. The predicted molar refractivity (Wildman–Crippen MR) is 114 cm³/mol. The average Bonchev–Trinajstić information content (AvgIpc) is 2.79. The number of thiol groups is 1. The molecule has 2 aromatic heterocycles. The molecule has 2 unspecified atom stereocenters. The van der Waals surface area contributed by atoms with Crippen LogP contribution in [0.15, 0.2) is 83.9 Å². The van der Waals surface area contributed by atoms with Crippen molar-refractivity contribution in [2.24, 2.45) is 0 Å². The Hall–Kier alpha value is -3.63. The molecule has 2 atom stereocenters. The van der Waals surface area contributed by atoms with Gasteiger partial charge in [0, 0.05) is 24.5 Å². The molecule has 3 heterocycles. The largest absolute Gasteiger partial charge is 0.497 e. The molecule has 0 radical (unpaired) electrons. The van der Waals surface area contributed by atoms with Crippen molar-refractivity contribution >= 4 is 18.5 Å². The van der Waals surface area contributed by atoms with E-state index in [9.17, 15) is 10.1 Å². The summed E-state index contributed by atoms with van der Waals surface area (Å²) >= 11 is 4.35. The molecule has 4 rings (SSSR count). The highest BCUT2D eigenvalue weighted by Gasteiger charge is 2.44. The zero-order valence-corrected chi connectivity index (χ0v) is 17.1. The number of carbonyl (C=O) groups is 1. The van der Waals surface area contributed by atoms with Gasteiger partial charge in [0.15, 0.2) is 12.4 Å². The number of allylic oxidation sites excluding steroid dienone is 1. The summed E-state index contributed by atoms with van der Waals surface area (Å²) in [6.45, 7) is 0. The molecule has 1 aromatic carbocycles. The van der Waals surface area contributed by atoms with Gasteiger partial charge < -0.3 is 10.1 Å². The Morgan fingerprint density at radius 2 is 1.70 bits per heavy atom. The molecule has 7 heteroatoms. The number of carbonyl (C=O) groups excluding carboxylic acids is 1. The third kappa shape index (κ3) is 3.65. The van der Waals surface area contributed by atoms with Crippen molar-refractivity contribution in [3.8, 4) is 22.9 Å². The molecule has 1 amide bonds. The van der Waals surface area contributed by atoms with Crippen molar-refractivity contribution in [1.82, 2.24) is 10.3 Å². The Labute approximate surface area is 179 Å². The summed E-state index contributed by atoms with van der Waals surface area (Å²) in [7, 11) is 1.60. The van der Waals surface area contributed by atoms with E-state index >= 15 is 0 Å². The van der Waals surface area contributed by atoms with Gasteiger partial charge in [-0.2, -0.15) is 9.83 Å². The van der Waals surface area contributed by atoms with Crippen molar-refractivity contribution in [3.63, 3.8) is 0 Å². The molecule has 1 aliphatic rings. The van der Waals surface area contributed by atoms with Gasteiger partial charge in [0.1, 0.15) is 5.75 Å². The third-order valence-electron chi connectivity index (χ3n) is 5.17. The van der Waals surface area contributed by atoms with Crippen LogP contribution in [0.1, 0.15) is 17.5 Å². The van der Waals surface area contributed by atoms with Gasteiger partial charge in [0.2, 0.25) is 6.04 Å². The minimum absolute atomic E-state index is 0.221. The van der Waals surface area contributed by atoms with Crippen LogP contribution in [0.2, 0.25) is 0 Å². The topological polar surface area (TPSA) is 78.9 Å². The van der Waals surface area contributed by atoms with Gasteiger partial charge in [-0.3, -0.25) is 9.78 Å². The van der Waals surface area contributed by atoms with Crippen LogP contribution in [0.3, 0.4) is 0 Å². The van der Waals surface area contributed by atoms with Crippen molar-refractivity contribution in [3.05, 3.63) is 89.5 Å². The second-order valence-corrected chi connectivity index (χ2v) is 7.28. The van der Waals surface area contributed by atoms with Crippen LogP contribution in [0.5, 0.6) is 5.75 Å². The van der Waals surface area contributed by atoms with Gasteiger partial charge in [-0.05, 0) is 41.0 Å². The molecule has 0 saturated heterocycles. The first-order chi connectivity index (χ1) is 14.6. The molecule has 0 fully saturated rings. The van der Waals surface area contributed by atoms with E-state index in [1.54, 1.807) is 19.5 Å². The van der Waals surface area contributed by atoms with Crippen LogP contribution in [0, 0.1) is 11.3 Å². The molecule has 6 nitrogen and oxygen atoms in total. The fraction of sp³-hybridized carbons (Fsp3) is 0.130. The lowest BCUT2D eigenvalue weighted by Crippen LogP contribution is -2.53. The molecule has 1 N–H and O–H groups in total. The number of aromatic nitrogens is 2. The Morgan fingerprint density at radius 3 is 2.30 bits per heavy atom. The van der Waals surface area contributed by atoms with Crippen molar-refractivity contribution in [2.45, 2.75) is 12.0 Å². The zero-order chi connectivity index (χ0) is 21.1. The number of ether oxygens (including phenoxy) is 1. The van der Waals surface area contributed by atoms with Crippen LogP contribution in [-0.2, 0) is 4.79 Å². The first kappa shape index (κ1) is 19.7. The van der Waals surface area contributed by atoms with Crippen molar-refractivity contribution in [1.29, 1.82) is 5.26 Å². The number of pyridine rings is 2. The summed E-state index contributed by atoms with van der Waals surface area (Å²) in [5.74, 6) is 0.0129. The molecule has 3 aromatic rings. The number of methoxy groups -OCH3 is 1. The highest BCUT2D eigenvalue weighted by Crippen LogP contribution is 2.38.